The molecule has 0 radical (unpaired) electrons. The first kappa shape index (κ1) is 44.2. The van der Waals surface area contributed by atoms with Crippen molar-refractivity contribution in [2.75, 3.05) is 9.80 Å². The molecule has 11 aromatic carbocycles. The van der Waals surface area contributed by atoms with Crippen LogP contribution in [0.15, 0.2) is 224 Å². The standard InChI is InChI=1S/C70H52N2O4/c1-69(2,3)54-29-17-27-49-52-37-43(31-34-58(52)74-66(49)54)71(41-19-9-7-10-20-41)56-39-61-63(47-25-15-13-23-45(47)56)51-33-36-60-65(68(51)76-61)64-48-26-16-14-24-46(48)57(40-62(64)73-60)72(42-21-11-8-12-22-42)44-32-35-59-53(38-44)50-28-18-30-55(67(50)75-59)70(4,5)6/h7-40H,1-6H3. The van der Waals surface area contributed by atoms with Gasteiger partial charge in [0.15, 0.2) is 0 Å². The third-order valence-electron chi connectivity index (χ3n) is 15.6. The Bertz CT molecular complexity index is 4850. The normalized spacial score (nSPS) is 12.6. The first-order valence-corrected chi connectivity index (χ1v) is 26.2. The number of hydrogen-bond donors (Lipinski definition) is 0. The minimum absolute atomic E-state index is 0.0771. The molecule has 6 nitrogen and oxygen atoms in total. The van der Waals surface area contributed by atoms with E-state index in [9.17, 15) is 0 Å². The topological polar surface area (TPSA) is 59.0 Å². The van der Waals surface area contributed by atoms with Crippen LogP contribution in [0.5, 0.6) is 0 Å². The van der Waals surface area contributed by atoms with Gasteiger partial charge in [-0.1, -0.05) is 163 Å². The van der Waals surface area contributed by atoms with Crippen LogP contribution >= 0.6 is 0 Å². The average molecular weight is 985 g/mol. The number of furan rings is 4. The summed E-state index contributed by atoms with van der Waals surface area (Å²) in [6.07, 6.45) is 0. The summed E-state index contributed by atoms with van der Waals surface area (Å²) < 4.78 is 27.6. The molecule has 0 aliphatic heterocycles. The van der Waals surface area contributed by atoms with E-state index in [2.05, 4.69) is 258 Å². The molecule has 0 unspecified atom stereocenters. The van der Waals surface area contributed by atoms with Crippen molar-refractivity contribution in [3.05, 3.63) is 217 Å². The number of hydrogen-bond acceptors (Lipinski definition) is 6. The van der Waals surface area contributed by atoms with Crippen LogP contribution in [-0.2, 0) is 10.8 Å². The average Bonchev–Trinajstić information content (AvgIpc) is 4.37. The molecule has 76 heavy (non-hydrogen) atoms. The Kier molecular flexibility index (Phi) is 9.38. The minimum atomic E-state index is -0.0774. The molecule has 0 spiro atoms. The molecule has 15 aromatic rings. The molecule has 0 atom stereocenters. The van der Waals surface area contributed by atoms with Gasteiger partial charge in [-0.3, -0.25) is 0 Å². The van der Waals surface area contributed by atoms with E-state index in [0.29, 0.717) is 0 Å². The number of nitrogens with zero attached hydrogens (tertiary/aromatic N) is 2. The molecule has 366 valence electrons. The lowest BCUT2D eigenvalue weighted by molar-refractivity contribution is 0.572. The summed E-state index contributed by atoms with van der Waals surface area (Å²) in [5.74, 6) is 0. The van der Waals surface area contributed by atoms with Gasteiger partial charge in [-0.05, 0) is 94.4 Å². The molecule has 15 rings (SSSR count). The molecule has 0 bridgehead atoms. The second-order valence-electron chi connectivity index (χ2n) is 22.4. The van der Waals surface area contributed by atoms with Crippen molar-refractivity contribution in [3.8, 4) is 0 Å². The molecular weight excluding hydrogens is 933 g/mol. The van der Waals surface area contributed by atoms with Gasteiger partial charge in [0.1, 0.15) is 44.7 Å². The smallest absolute Gasteiger partial charge is 0.147 e. The molecule has 0 amide bonds. The van der Waals surface area contributed by atoms with Gasteiger partial charge in [0.2, 0.25) is 0 Å². The van der Waals surface area contributed by atoms with E-state index in [1.807, 2.05) is 0 Å². The fraction of sp³-hybridized carbons (Fsp3) is 0.114. The largest absolute Gasteiger partial charge is 0.456 e. The van der Waals surface area contributed by atoms with Crippen molar-refractivity contribution in [3.63, 3.8) is 0 Å². The van der Waals surface area contributed by atoms with Crippen LogP contribution in [0.2, 0.25) is 0 Å². The summed E-state index contributed by atoms with van der Waals surface area (Å²) in [4.78, 5) is 4.70. The van der Waals surface area contributed by atoms with Gasteiger partial charge in [0.05, 0.1) is 16.8 Å². The highest BCUT2D eigenvalue weighted by atomic mass is 16.3. The quantitative estimate of drug-likeness (QED) is 0.165. The zero-order chi connectivity index (χ0) is 51.2. The van der Waals surface area contributed by atoms with E-state index in [1.165, 1.54) is 11.1 Å². The molecule has 6 heteroatoms. The molecule has 0 aliphatic carbocycles. The Morgan fingerprint density at radius 2 is 0.684 bits per heavy atom. The first-order valence-electron chi connectivity index (χ1n) is 26.2. The Balaban J connectivity index is 0.947. The van der Waals surface area contributed by atoms with Gasteiger partial charge >= 0.3 is 0 Å². The molecule has 4 aromatic heterocycles. The summed E-state index contributed by atoms with van der Waals surface area (Å²) in [6, 6.07) is 73.5. The van der Waals surface area contributed by atoms with E-state index < -0.39 is 0 Å². The zero-order valence-corrected chi connectivity index (χ0v) is 43.2. The Labute approximate surface area is 438 Å². The number of rotatable bonds is 6. The first-order chi connectivity index (χ1) is 37.0. The minimum Gasteiger partial charge on any atom is -0.456 e. The van der Waals surface area contributed by atoms with Crippen molar-refractivity contribution >= 4 is 143 Å². The lowest BCUT2D eigenvalue weighted by Crippen LogP contribution is -2.11. The van der Waals surface area contributed by atoms with E-state index in [-0.39, 0.29) is 10.8 Å². The van der Waals surface area contributed by atoms with Crippen LogP contribution in [0.1, 0.15) is 52.7 Å². The fourth-order valence-corrected chi connectivity index (χ4v) is 12.2. The predicted molar refractivity (Wildman–Crippen MR) is 317 cm³/mol. The highest BCUT2D eigenvalue weighted by Crippen LogP contribution is 2.51. The number of anilines is 6. The number of benzene rings is 11. The van der Waals surface area contributed by atoms with E-state index in [1.54, 1.807) is 0 Å². The summed E-state index contributed by atoms with van der Waals surface area (Å²) in [6.45, 7) is 13.4. The van der Waals surface area contributed by atoms with Crippen molar-refractivity contribution in [1.29, 1.82) is 0 Å². The lowest BCUT2D eigenvalue weighted by Gasteiger charge is -2.27. The lowest BCUT2D eigenvalue weighted by atomic mass is 9.86. The maximum Gasteiger partial charge on any atom is 0.147 e. The number of para-hydroxylation sites is 4. The van der Waals surface area contributed by atoms with Crippen LogP contribution in [0.4, 0.5) is 34.1 Å². The van der Waals surface area contributed by atoms with Crippen LogP contribution in [0.25, 0.3) is 109 Å². The highest BCUT2D eigenvalue weighted by Gasteiger charge is 2.28. The van der Waals surface area contributed by atoms with E-state index in [4.69, 9.17) is 17.7 Å². The van der Waals surface area contributed by atoms with Gasteiger partial charge in [-0.2, -0.15) is 0 Å². The molecule has 0 fully saturated rings. The predicted octanol–water partition coefficient (Wildman–Crippen LogP) is 21.1. The Morgan fingerprint density at radius 3 is 1.18 bits per heavy atom. The second kappa shape index (κ2) is 16.1. The third-order valence-corrected chi connectivity index (χ3v) is 15.6. The Hall–Kier alpha value is -9.26. The maximum atomic E-state index is 7.31. The monoisotopic (exact) mass is 984 g/mol. The Morgan fingerprint density at radius 1 is 0.263 bits per heavy atom. The maximum absolute atomic E-state index is 7.31. The zero-order valence-electron chi connectivity index (χ0n) is 43.2. The molecule has 4 heterocycles. The molecule has 0 aliphatic rings. The molecular formula is C70H52N2O4. The van der Waals surface area contributed by atoms with Crippen LogP contribution in [0.3, 0.4) is 0 Å². The van der Waals surface area contributed by atoms with Gasteiger partial charge in [-0.15, -0.1) is 0 Å². The van der Waals surface area contributed by atoms with Gasteiger partial charge < -0.3 is 27.5 Å². The van der Waals surface area contributed by atoms with E-state index >= 15 is 0 Å². The van der Waals surface area contributed by atoms with Gasteiger partial charge in [0.25, 0.3) is 0 Å². The second-order valence-corrected chi connectivity index (χ2v) is 22.4. The van der Waals surface area contributed by atoms with Crippen molar-refractivity contribution in [1.82, 2.24) is 0 Å². The van der Waals surface area contributed by atoms with Crippen LogP contribution in [0, 0.1) is 0 Å². The molecule has 0 N–H and O–H groups in total. The van der Waals surface area contributed by atoms with E-state index in [0.717, 1.165) is 143 Å². The van der Waals surface area contributed by atoms with Crippen molar-refractivity contribution < 1.29 is 17.7 Å². The summed E-state index contributed by atoms with van der Waals surface area (Å²) in [7, 11) is 0. The molecule has 0 saturated carbocycles. The third kappa shape index (κ3) is 6.59. The summed E-state index contributed by atoms with van der Waals surface area (Å²) in [5.41, 5.74) is 15.1. The van der Waals surface area contributed by atoms with Gasteiger partial charge in [-0.25, -0.2) is 0 Å². The van der Waals surface area contributed by atoms with Crippen LogP contribution in [-0.4, -0.2) is 0 Å². The van der Waals surface area contributed by atoms with Crippen molar-refractivity contribution in [2.45, 2.75) is 52.4 Å². The summed E-state index contributed by atoms with van der Waals surface area (Å²) >= 11 is 0. The summed E-state index contributed by atoms with van der Waals surface area (Å²) in [5, 5.41) is 12.8. The van der Waals surface area contributed by atoms with Crippen molar-refractivity contribution in [2.24, 2.45) is 0 Å². The van der Waals surface area contributed by atoms with Gasteiger partial charge in [0, 0.05) is 94.5 Å². The molecule has 0 saturated heterocycles. The van der Waals surface area contributed by atoms with Crippen LogP contribution < -0.4 is 9.80 Å². The fourth-order valence-electron chi connectivity index (χ4n) is 12.2. The number of fused-ring (bicyclic) bond motifs is 17. The SMILES string of the molecule is CC(C)(C)c1cccc2c1oc1ccc(N(c3ccccc3)c3cc4oc5c(ccc6oc7cc(N(c8ccccc8)c8ccc9oc%10c(C(C)(C)C)cccc%10c9c8)c8ccccc8c7c65)c4c4ccccc34)cc12. The highest BCUT2D eigenvalue weighted by molar-refractivity contribution is 6.32.